The number of carbonyl (C=O) groups is 1. The number of hydrogen-bond acceptors (Lipinski definition) is 3. The highest BCUT2D eigenvalue weighted by Crippen LogP contribution is 2.03. The van der Waals surface area contributed by atoms with Crippen LogP contribution < -0.4 is 4.72 Å². The first-order chi connectivity index (χ1) is 5.49. The van der Waals surface area contributed by atoms with Gasteiger partial charge in [-0.1, -0.05) is 13.8 Å². The minimum atomic E-state index is -1.19. The summed E-state index contributed by atoms with van der Waals surface area (Å²) in [5, 5.41) is 0. The maximum Gasteiger partial charge on any atom is 0.324 e. The number of nitrogens with one attached hydrogen (secondary N) is 1. The zero-order valence-electron chi connectivity index (χ0n) is 7.79. The minimum absolute atomic E-state index is 0.0707. The Labute approximate surface area is 75.3 Å². The summed E-state index contributed by atoms with van der Waals surface area (Å²) in [5.41, 5.74) is 0. The van der Waals surface area contributed by atoms with Crippen LogP contribution in [0.4, 0.5) is 0 Å². The third-order valence-electron chi connectivity index (χ3n) is 1.41. The molecule has 12 heavy (non-hydrogen) atoms. The Balaban J connectivity index is 4.23. The summed E-state index contributed by atoms with van der Waals surface area (Å²) >= 11 is 0. The topological polar surface area (TPSA) is 55.4 Å². The molecule has 4 nitrogen and oxygen atoms in total. The fourth-order valence-electron chi connectivity index (χ4n) is 0.762. The number of hydrogen-bond donors (Lipinski definition) is 1. The van der Waals surface area contributed by atoms with Crippen LogP contribution in [-0.4, -0.2) is 29.6 Å². The Hall–Kier alpha value is -0.420. The summed E-state index contributed by atoms with van der Waals surface area (Å²) in [6.45, 7) is 3.73. The van der Waals surface area contributed by atoms with E-state index in [0.29, 0.717) is 0 Å². The largest absolute Gasteiger partial charge is 0.468 e. The maximum atomic E-state index is 11.1. The lowest BCUT2D eigenvalue weighted by Crippen LogP contribution is -2.42. The van der Waals surface area contributed by atoms with E-state index in [9.17, 15) is 9.00 Å². The van der Waals surface area contributed by atoms with Crippen LogP contribution in [0.3, 0.4) is 0 Å². The normalized spacial score (nSPS) is 15.8. The lowest BCUT2D eigenvalue weighted by molar-refractivity contribution is -0.143. The third kappa shape index (κ3) is 3.82. The van der Waals surface area contributed by atoms with Crippen LogP contribution in [-0.2, 0) is 20.5 Å². The van der Waals surface area contributed by atoms with Crippen molar-refractivity contribution in [2.45, 2.75) is 19.9 Å². The Kier molecular flexibility index (Phi) is 5.08. The van der Waals surface area contributed by atoms with Crippen LogP contribution in [0.15, 0.2) is 0 Å². The van der Waals surface area contributed by atoms with E-state index in [1.165, 1.54) is 13.4 Å². The molecular weight excluding hydrogens is 178 g/mol. The predicted octanol–water partition coefficient (Wildman–Crippen LogP) is 0.0671. The molecule has 0 saturated heterocycles. The highest BCUT2D eigenvalue weighted by Gasteiger charge is 2.23. The SMILES string of the molecule is COC(=O)[C@H](NS(C)=O)C(C)C. The second-order valence-corrected chi connectivity index (χ2v) is 3.96. The molecule has 72 valence electrons. The molecule has 0 rings (SSSR count). The molecule has 0 aromatic heterocycles. The molecule has 0 radical (unpaired) electrons. The Morgan fingerprint density at radius 1 is 1.50 bits per heavy atom. The first-order valence-corrected chi connectivity index (χ1v) is 5.22. The quantitative estimate of drug-likeness (QED) is 0.643. The van der Waals surface area contributed by atoms with Crippen LogP contribution in [0.5, 0.6) is 0 Å². The van der Waals surface area contributed by atoms with Crippen molar-refractivity contribution in [3.05, 3.63) is 0 Å². The van der Waals surface area contributed by atoms with E-state index in [0.717, 1.165) is 0 Å². The van der Waals surface area contributed by atoms with Crippen molar-refractivity contribution in [2.24, 2.45) is 5.92 Å². The number of rotatable bonds is 4. The van der Waals surface area contributed by atoms with Crippen LogP contribution in [0.25, 0.3) is 0 Å². The lowest BCUT2D eigenvalue weighted by Gasteiger charge is -2.17. The van der Waals surface area contributed by atoms with Gasteiger partial charge in [-0.3, -0.25) is 4.79 Å². The van der Waals surface area contributed by atoms with E-state index < -0.39 is 17.0 Å². The molecule has 0 aromatic rings. The highest BCUT2D eigenvalue weighted by atomic mass is 32.2. The molecule has 0 aromatic carbocycles. The smallest absolute Gasteiger partial charge is 0.324 e. The van der Waals surface area contributed by atoms with Gasteiger partial charge in [0.25, 0.3) is 0 Å². The molecule has 0 bridgehead atoms. The molecule has 0 amide bonds. The molecule has 0 saturated carbocycles. The first-order valence-electron chi connectivity index (χ1n) is 3.66. The summed E-state index contributed by atoms with van der Waals surface area (Å²) in [7, 11) is 0.128. The Bertz CT molecular complexity index is 181. The molecule has 0 aliphatic carbocycles. The molecule has 1 unspecified atom stereocenters. The van der Waals surface area contributed by atoms with E-state index in [1.807, 2.05) is 13.8 Å². The molecule has 0 aliphatic rings. The maximum absolute atomic E-state index is 11.1. The van der Waals surface area contributed by atoms with Gasteiger partial charge in [-0.05, 0) is 5.92 Å². The van der Waals surface area contributed by atoms with Gasteiger partial charge in [-0.15, -0.1) is 0 Å². The number of esters is 1. The van der Waals surface area contributed by atoms with Crippen molar-refractivity contribution in [1.29, 1.82) is 0 Å². The highest BCUT2D eigenvalue weighted by molar-refractivity contribution is 7.82. The minimum Gasteiger partial charge on any atom is -0.468 e. The number of methoxy groups -OCH3 is 1. The van der Waals surface area contributed by atoms with E-state index in [2.05, 4.69) is 9.46 Å². The summed E-state index contributed by atoms with van der Waals surface area (Å²) in [6.07, 6.45) is 1.48. The summed E-state index contributed by atoms with van der Waals surface area (Å²) in [4.78, 5) is 11.1. The molecule has 0 heterocycles. The zero-order valence-corrected chi connectivity index (χ0v) is 8.60. The van der Waals surface area contributed by atoms with Crippen molar-refractivity contribution in [1.82, 2.24) is 4.72 Å². The molecule has 0 fully saturated rings. The van der Waals surface area contributed by atoms with E-state index >= 15 is 0 Å². The van der Waals surface area contributed by atoms with Gasteiger partial charge in [0.1, 0.15) is 6.04 Å². The van der Waals surface area contributed by atoms with Gasteiger partial charge in [0, 0.05) is 6.26 Å². The average molecular weight is 193 g/mol. The second kappa shape index (κ2) is 5.27. The lowest BCUT2D eigenvalue weighted by atomic mass is 10.1. The molecule has 1 N–H and O–H groups in total. The molecule has 0 aliphatic heterocycles. The third-order valence-corrected chi connectivity index (χ3v) is 2.00. The molecule has 0 spiro atoms. The van der Waals surface area contributed by atoms with Crippen molar-refractivity contribution in [3.8, 4) is 0 Å². The fourth-order valence-corrected chi connectivity index (χ4v) is 1.49. The van der Waals surface area contributed by atoms with Crippen molar-refractivity contribution >= 4 is 17.0 Å². The predicted molar refractivity (Wildman–Crippen MR) is 47.8 cm³/mol. The Morgan fingerprint density at radius 2 is 2.00 bits per heavy atom. The van der Waals surface area contributed by atoms with Crippen LogP contribution in [0.1, 0.15) is 13.8 Å². The van der Waals surface area contributed by atoms with Crippen LogP contribution in [0.2, 0.25) is 0 Å². The van der Waals surface area contributed by atoms with Crippen molar-refractivity contribution < 1.29 is 13.7 Å². The van der Waals surface area contributed by atoms with Crippen LogP contribution >= 0.6 is 0 Å². The number of ether oxygens (including phenoxy) is 1. The average Bonchev–Trinajstić information content (AvgIpc) is 1.98. The monoisotopic (exact) mass is 193 g/mol. The molecule has 5 heteroatoms. The van der Waals surface area contributed by atoms with E-state index in [4.69, 9.17) is 0 Å². The van der Waals surface area contributed by atoms with Crippen molar-refractivity contribution in [3.63, 3.8) is 0 Å². The van der Waals surface area contributed by atoms with Gasteiger partial charge in [-0.25, -0.2) is 8.93 Å². The zero-order chi connectivity index (χ0) is 9.72. The standard InChI is InChI=1S/C7H15NO3S/c1-5(2)6(7(9)11-3)8-12(4)10/h5-6,8H,1-4H3/t6-,12?/m1/s1. The molecule has 2 atom stereocenters. The summed E-state index contributed by atoms with van der Waals surface area (Å²) in [5.74, 6) is -0.304. The van der Waals surface area contributed by atoms with Crippen LogP contribution in [0, 0.1) is 5.92 Å². The number of carbonyl (C=O) groups excluding carboxylic acids is 1. The Morgan fingerprint density at radius 3 is 2.25 bits per heavy atom. The van der Waals surface area contributed by atoms with Gasteiger partial charge >= 0.3 is 5.97 Å². The van der Waals surface area contributed by atoms with E-state index in [-0.39, 0.29) is 11.9 Å². The van der Waals surface area contributed by atoms with Gasteiger partial charge in [-0.2, -0.15) is 0 Å². The first kappa shape index (κ1) is 11.6. The fraction of sp³-hybridized carbons (Fsp3) is 0.857. The molecular formula is C7H15NO3S. The van der Waals surface area contributed by atoms with Gasteiger partial charge in [0.2, 0.25) is 0 Å². The second-order valence-electron chi connectivity index (χ2n) is 2.82. The van der Waals surface area contributed by atoms with Gasteiger partial charge in [0.05, 0.1) is 18.1 Å². The van der Waals surface area contributed by atoms with Gasteiger partial charge < -0.3 is 4.74 Å². The van der Waals surface area contributed by atoms with Crippen molar-refractivity contribution in [2.75, 3.05) is 13.4 Å². The van der Waals surface area contributed by atoms with E-state index in [1.54, 1.807) is 0 Å². The van der Waals surface area contributed by atoms with Gasteiger partial charge in [0.15, 0.2) is 0 Å². The summed E-state index contributed by atoms with van der Waals surface area (Å²) < 4.78 is 17.9. The summed E-state index contributed by atoms with van der Waals surface area (Å²) in [6, 6.07) is -0.485.